The maximum absolute atomic E-state index is 14.0. The van der Waals surface area contributed by atoms with Crippen LogP contribution in [0.3, 0.4) is 0 Å². The quantitative estimate of drug-likeness (QED) is 0.0450. The van der Waals surface area contributed by atoms with Gasteiger partial charge in [-0.3, -0.25) is 34.1 Å². The third-order valence-corrected chi connectivity index (χ3v) is 9.63. The van der Waals surface area contributed by atoms with E-state index in [2.05, 4.69) is 41.7 Å². The number of carboxylic acids is 1. The number of nitrogens with one attached hydrogen (secondary N) is 4. The summed E-state index contributed by atoms with van der Waals surface area (Å²) in [6, 6.07) is 6.13. The van der Waals surface area contributed by atoms with Crippen LogP contribution in [0.15, 0.2) is 30.3 Å². The first kappa shape index (κ1) is 43.5. The number of amides is 5. The molecule has 4 atom stereocenters. The standard InChI is InChI=1S/C36H55N13O7/c37-24(22-23-8-2-1-3-9-23)34(55)48-20-6-12-27(48)33(54)43-25(10-4-17-42-36(38)39)35(56)49-21-5-11-26(49)32(53)41-19-7-18-40-30(50)15-13-28-44-46-29(47-45-28)14-16-31(51)52/h1-3,8-9,24-27,36,42H,4-7,10-22,37-39H2,(H,40,50)(H,41,53)(H,43,54)(H,51,52)/t24-,25+,26+,27+/m1/s1. The van der Waals surface area contributed by atoms with E-state index >= 15 is 0 Å². The summed E-state index contributed by atoms with van der Waals surface area (Å²) in [5.41, 5.74) is 18.4. The fourth-order valence-electron chi connectivity index (χ4n) is 6.72. The van der Waals surface area contributed by atoms with Gasteiger partial charge in [-0.15, -0.1) is 20.4 Å². The van der Waals surface area contributed by atoms with E-state index in [0.29, 0.717) is 71.1 Å². The number of nitrogens with zero attached hydrogens (tertiary/aromatic N) is 6. The normalized spacial score (nSPS) is 17.7. The molecule has 20 heteroatoms. The van der Waals surface area contributed by atoms with E-state index in [0.717, 1.165) is 5.56 Å². The van der Waals surface area contributed by atoms with Gasteiger partial charge in [0.15, 0.2) is 11.6 Å². The van der Waals surface area contributed by atoms with Gasteiger partial charge in [0.25, 0.3) is 0 Å². The molecule has 0 aliphatic carbocycles. The minimum atomic E-state index is -0.977. The van der Waals surface area contributed by atoms with Gasteiger partial charge < -0.3 is 48.1 Å². The molecule has 306 valence electrons. The number of carbonyl (C=O) groups is 6. The van der Waals surface area contributed by atoms with Crippen LogP contribution >= 0.6 is 0 Å². The molecule has 56 heavy (non-hydrogen) atoms. The number of aromatic nitrogens is 4. The second-order valence-electron chi connectivity index (χ2n) is 14.0. The van der Waals surface area contributed by atoms with Gasteiger partial charge in [-0.2, -0.15) is 0 Å². The highest BCUT2D eigenvalue weighted by molar-refractivity contribution is 5.95. The van der Waals surface area contributed by atoms with Crippen LogP contribution in [-0.2, 0) is 48.0 Å². The highest BCUT2D eigenvalue weighted by atomic mass is 16.4. The molecular formula is C36H55N13O7. The van der Waals surface area contributed by atoms with Crippen LogP contribution in [0.1, 0.15) is 75.0 Å². The number of hydrogen-bond donors (Lipinski definition) is 8. The van der Waals surface area contributed by atoms with Gasteiger partial charge in [-0.25, -0.2) is 0 Å². The first-order chi connectivity index (χ1) is 26.9. The highest BCUT2D eigenvalue weighted by Gasteiger charge is 2.40. The van der Waals surface area contributed by atoms with Gasteiger partial charge in [0, 0.05) is 45.4 Å². The summed E-state index contributed by atoms with van der Waals surface area (Å²) in [5.74, 6) is -2.24. The van der Waals surface area contributed by atoms with Crippen LogP contribution < -0.4 is 38.5 Å². The molecule has 2 aliphatic rings. The van der Waals surface area contributed by atoms with Crippen molar-refractivity contribution in [3.8, 4) is 0 Å². The Bertz CT molecular complexity index is 1620. The zero-order chi connectivity index (χ0) is 40.5. The Morgan fingerprint density at radius 1 is 0.750 bits per heavy atom. The van der Waals surface area contributed by atoms with E-state index in [1.165, 1.54) is 9.80 Å². The van der Waals surface area contributed by atoms with Crippen molar-refractivity contribution in [1.29, 1.82) is 0 Å². The number of carboxylic acid groups (broad SMARTS) is 1. The van der Waals surface area contributed by atoms with Gasteiger partial charge in [-0.05, 0) is 63.5 Å². The summed E-state index contributed by atoms with van der Waals surface area (Å²) in [4.78, 5) is 80.4. The van der Waals surface area contributed by atoms with Crippen LogP contribution in [0.4, 0.5) is 0 Å². The highest BCUT2D eigenvalue weighted by Crippen LogP contribution is 2.22. The molecule has 2 aliphatic heterocycles. The summed E-state index contributed by atoms with van der Waals surface area (Å²) in [5, 5.41) is 35.6. The first-order valence-corrected chi connectivity index (χ1v) is 19.2. The van der Waals surface area contributed by atoms with Gasteiger partial charge in [0.1, 0.15) is 24.4 Å². The number of carbonyl (C=O) groups excluding carboxylic acids is 5. The van der Waals surface area contributed by atoms with Crippen molar-refractivity contribution in [2.75, 3.05) is 32.7 Å². The fraction of sp³-hybridized carbons (Fsp3) is 0.611. The van der Waals surface area contributed by atoms with Crippen LogP contribution in [0.25, 0.3) is 0 Å². The maximum atomic E-state index is 14.0. The van der Waals surface area contributed by atoms with Crippen molar-refractivity contribution in [2.24, 2.45) is 17.2 Å². The summed E-state index contributed by atoms with van der Waals surface area (Å²) in [6.07, 6.45) is 3.11. The average Bonchev–Trinajstić information content (AvgIpc) is 3.88. The lowest BCUT2D eigenvalue weighted by Gasteiger charge is -2.31. The number of hydrogen-bond acceptors (Lipinski definition) is 14. The number of aryl methyl sites for hydroxylation is 2. The molecule has 5 amide bonds. The monoisotopic (exact) mass is 781 g/mol. The van der Waals surface area contributed by atoms with E-state index in [9.17, 15) is 28.8 Å². The molecule has 4 rings (SSSR count). The molecule has 0 unspecified atom stereocenters. The number of rotatable bonds is 22. The number of benzene rings is 1. The van der Waals surface area contributed by atoms with Crippen molar-refractivity contribution in [1.82, 2.24) is 51.5 Å². The Morgan fingerprint density at radius 3 is 1.96 bits per heavy atom. The SMILES string of the molecule is NC(N)NCCC[C@H](NC(=O)[C@@H]1CCCN1C(=O)[C@H](N)Cc1ccccc1)C(=O)N1CCC[C@H]1C(=O)NCCCNC(=O)CCc1nnc(CCC(=O)O)nn1. The zero-order valence-corrected chi connectivity index (χ0v) is 31.6. The Labute approximate surface area is 325 Å². The first-order valence-electron chi connectivity index (χ1n) is 19.2. The van der Waals surface area contributed by atoms with Gasteiger partial charge >= 0.3 is 5.97 Å². The summed E-state index contributed by atoms with van der Waals surface area (Å²) >= 11 is 0. The third kappa shape index (κ3) is 13.8. The largest absolute Gasteiger partial charge is 0.481 e. The van der Waals surface area contributed by atoms with E-state index in [1.54, 1.807) is 0 Å². The smallest absolute Gasteiger partial charge is 0.303 e. The van der Waals surface area contributed by atoms with Crippen LogP contribution in [0, 0.1) is 0 Å². The Kier molecular flexibility index (Phi) is 17.4. The molecule has 0 saturated carbocycles. The molecule has 1 aromatic carbocycles. The maximum Gasteiger partial charge on any atom is 0.303 e. The van der Waals surface area contributed by atoms with Crippen molar-refractivity contribution in [3.05, 3.63) is 47.5 Å². The van der Waals surface area contributed by atoms with Gasteiger partial charge in [0.2, 0.25) is 29.5 Å². The number of likely N-dealkylation sites (tertiary alicyclic amines) is 2. The predicted octanol–water partition coefficient (Wildman–Crippen LogP) is -2.55. The minimum Gasteiger partial charge on any atom is -0.481 e. The van der Waals surface area contributed by atoms with Crippen molar-refractivity contribution < 1.29 is 33.9 Å². The average molecular weight is 782 g/mol. The van der Waals surface area contributed by atoms with Gasteiger partial charge in [-0.1, -0.05) is 30.3 Å². The zero-order valence-electron chi connectivity index (χ0n) is 31.6. The molecule has 0 bridgehead atoms. The molecule has 2 saturated heterocycles. The Morgan fingerprint density at radius 2 is 1.34 bits per heavy atom. The molecule has 1 aromatic heterocycles. The van der Waals surface area contributed by atoms with Crippen LogP contribution in [-0.4, -0.2) is 134 Å². The number of nitrogens with two attached hydrogens (primary N) is 3. The fourth-order valence-corrected chi connectivity index (χ4v) is 6.72. The topological polar surface area (TPSA) is 307 Å². The van der Waals surface area contributed by atoms with Crippen molar-refractivity contribution >= 4 is 35.5 Å². The molecule has 0 radical (unpaired) electrons. The molecule has 2 aromatic rings. The van der Waals surface area contributed by atoms with Crippen LogP contribution in [0.2, 0.25) is 0 Å². The lowest BCUT2D eigenvalue weighted by atomic mass is 10.0. The van der Waals surface area contributed by atoms with E-state index < -0.39 is 42.3 Å². The Balaban J connectivity index is 1.25. The lowest BCUT2D eigenvalue weighted by Crippen LogP contribution is -2.57. The summed E-state index contributed by atoms with van der Waals surface area (Å²) in [6.45, 7) is 1.67. The van der Waals surface area contributed by atoms with Crippen molar-refractivity contribution in [2.45, 2.75) is 108 Å². The molecule has 20 nitrogen and oxygen atoms in total. The molecule has 0 spiro atoms. The minimum absolute atomic E-state index is 0.0903. The third-order valence-electron chi connectivity index (χ3n) is 9.63. The second-order valence-corrected chi connectivity index (χ2v) is 14.0. The second kappa shape index (κ2) is 22.4. The molecule has 11 N–H and O–H groups in total. The summed E-state index contributed by atoms with van der Waals surface area (Å²) in [7, 11) is 0. The van der Waals surface area contributed by atoms with E-state index in [-0.39, 0.29) is 73.9 Å². The molecule has 2 fully saturated rings. The molecular weight excluding hydrogens is 726 g/mol. The lowest BCUT2D eigenvalue weighted by molar-refractivity contribution is -0.143. The summed E-state index contributed by atoms with van der Waals surface area (Å²) < 4.78 is 0. The Hall–Kier alpha value is -5.18. The van der Waals surface area contributed by atoms with Gasteiger partial charge in [0.05, 0.1) is 12.5 Å². The predicted molar refractivity (Wildman–Crippen MR) is 201 cm³/mol. The number of aliphatic carboxylic acids is 1. The van der Waals surface area contributed by atoms with E-state index in [1.807, 2.05) is 30.3 Å². The van der Waals surface area contributed by atoms with Crippen LogP contribution in [0.5, 0.6) is 0 Å². The van der Waals surface area contributed by atoms with Crippen molar-refractivity contribution in [3.63, 3.8) is 0 Å². The van der Waals surface area contributed by atoms with E-state index in [4.69, 9.17) is 22.3 Å². The molecule has 3 heterocycles.